The van der Waals surface area contributed by atoms with Crippen molar-refractivity contribution in [3.63, 3.8) is 0 Å². The first-order chi connectivity index (χ1) is 9.38. The van der Waals surface area contributed by atoms with Crippen molar-refractivity contribution in [2.45, 2.75) is 13.5 Å². The summed E-state index contributed by atoms with van der Waals surface area (Å²) in [5.74, 6) is 1.55. The Kier molecular flexibility index (Phi) is 3.29. The van der Waals surface area contributed by atoms with Gasteiger partial charge in [0.05, 0.1) is 12.7 Å². The fraction of sp³-hybridized carbons (Fsp3) is 0.188. The zero-order valence-corrected chi connectivity index (χ0v) is 10.9. The average molecular weight is 252 g/mol. The molecule has 0 atom stereocenters. The molecule has 0 bridgehead atoms. The van der Waals surface area contributed by atoms with Crippen molar-refractivity contribution in [2.24, 2.45) is 0 Å². The fourth-order valence-corrected chi connectivity index (χ4v) is 2.19. The van der Waals surface area contributed by atoms with Crippen molar-refractivity contribution in [2.75, 3.05) is 6.54 Å². The lowest BCUT2D eigenvalue weighted by Gasteiger charge is -2.03. The van der Waals surface area contributed by atoms with E-state index in [0.717, 1.165) is 23.8 Å². The molecule has 2 aromatic carbocycles. The molecule has 0 saturated carbocycles. The monoisotopic (exact) mass is 252 g/mol. The number of aromatic nitrogens is 1. The number of oxazole rings is 1. The zero-order valence-electron chi connectivity index (χ0n) is 10.9. The van der Waals surface area contributed by atoms with Crippen LogP contribution < -0.4 is 5.32 Å². The Bertz CT molecular complexity index is 683. The van der Waals surface area contributed by atoms with Crippen molar-refractivity contribution in [1.29, 1.82) is 0 Å². The van der Waals surface area contributed by atoms with Crippen LogP contribution in [0.25, 0.3) is 22.1 Å². The van der Waals surface area contributed by atoms with E-state index in [9.17, 15) is 0 Å². The van der Waals surface area contributed by atoms with Crippen LogP contribution in [0.15, 0.2) is 53.1 Å². The third kappa shape index (κ3) is 2.37. The summed E-state index contributed by atoms with van der Waals surface area (Å²) in [5.41, 5.74) is 1.09. The summed E-state index contributed by atoms with van der Waals surface area (Å²) in [4.78, 5) is 4.31. The van der Waals surface area contributed by atoms with Crippen LogP contribution >= 0.6 is 0 Å². The lowest BCUT2D eigenvalue weighted by molar-refractivity contribution is 0.483. The minimum absolute atomic E-state index is 0.668. The maximum absolute atomic E-state index is 5.81. The molecular formula is C16H16N2O. The third-order valence-electron chi connectivity index (χ3n) is 3.13. The first-order valence-electron chi connectivity index (χ1n) is 6.52. The Labute approximate surface area is 112 Å². The van der Waals surface area contributed by atoms with Gasteiger partial charge in [0.25, 0.3) is 0 Å². The van der Waals surface area contributed by atoms with Gasteiger partial charge in [-0.15, -0.1) is 0 Å². The fourth-order valence-electron chi connectivity index (χ4n) is 2.19. The lowest BCUT2D eigenvalue weighted by Crippen LogP contribution is -2.11. The molecule has 3 aromatic rings. The molecule has 1 aromatic heterocycles. The summed E-state index contributed by atoms with van der Waals surface area (Å²) < 4.78 is 5.81. The number of hydrogen-bond acceptors (Lipinski definition) is 3. The number of nitrogens with one attached hydrogen (secondary N) is 1. The van der Waals surface area contributed by atoms with E-state index in [4.69, 9.17) is 4.42 Å². The van der Waals surface area contributed by atoms with Gasteiger partial charge in [-0.25, -0.2) is 4.98 Å². The van der Waals surface area contributed by atoms with Gasteiger partial charge in [0.15, 0.2) is 5.76 Å². The van der Waals surface area contributed by atoms with E-state index in [1.165, 1.54) is 10.8 Å². The molecule has 1 heterocycles. The lowest BCUT2D eigenvalue weighted by atomic mass is 10.0. The highest BCUT2D eigenvalue weighted by molar-refractivity contribution is 5.95. The first-order valence-corrected chi connectivity index (χ1v) is 6.52. The summed E-state index contributed by atoms with van der Waals surface area (Å²) in [7, 11) is 0. The molecule has 0 aliphatic carbocycles. The van der Waals surface area contributed by atoms with Gasteiger partial charge in [-0.3, -0.25) is 0 Å². The van der Waals surface area contributed by atoms with Crippen molar-refractivity contribution < 1.29 is 4.42 Å². The van der Waals surface area contributed by atoms with Crippen molar-refractivity contribution >= 4 is 10.8 Å². The number of benzene rings is 2. The zero-order chi connectivity index (χ0) is 13.1. The molecule has 0 aliphatic heterocycles. The minimum atomic E-state index is 0.668. The van der Waals surface area contributed by atoms with Crippen molar-refractivity contribution in [3.8, 4) is 11.3 Å². The quantitative estimate of drug-likeness (QED) is 0.771. The predicted molar refractivity (Wildman–Crippen MR) is 76.8 cm³/mol. The average Bonchev–Trinajstić information content (AvgIpc) is 2.93. The van der Waals surface area contributed by atoms with E-state index in [1.54, 1.807) is 6.20 Å². The predicted octanol–water partition coefficient (Wildman–Crippen LogP) is 3.60. The molecule has 96 valence electrons. The van der Waals surface area contributed by atoms with Crippen LogP contribution in [0.5, 0.6) is 0 Å². The van der Waals surface area contributed by atoms with Crippen LogP contribution in [0.2, 0.25) is 0 Å². The molecule has 0 aliphatic rings. The summed E-state index contributed by atoms with van der Waals surface area (Å²) in [6.07, 6.45) is 1.80. The highest BCUT2D eigenvalue weighted by atomic mass is 16.4. The molecular weight excluding hydrogens is 236 g/mol. The Morgan fingerprint density at radius 1 is 1.11 bits per heavy atom. The molecule has 0 saturated heterocycles. The third-order valence-corrected chi connectivity index (χ3v) is 3.13. The van der Waals surface area contributed by atoms with Gasteiger partial charge in [0, 0.05) is 5.56 Å². The van der Waals surface area contributed by atoms with Gasteiger partial charge in [-0.05, 0) is 17.3 Å². The van der Waals surface area contributed by atoms with Crippen molar-refractivity contribution in [3.05, 3.63) is 54.6 Å². The van der Waals surface area contributed by atoms with Crippen LogP contribution in [-0.2, 0) is 6.54 Å². The maximum atomic E-state index is 5.81. The van der Waals surface area contributed by atoms with Crippen LogP contribution in [0, 0.1) is 0 Å². The second-order valence-electron chi connectivity index (χ2n) is 4.43. The molecule has 3 heteroatoms. The minimum Gasteiger partial charge on any atom is -0.439 e. The molecule has 1 N–H and O–H groups in total. The summed E-state index contributed by atoms with van der Waals surface area (Å²) in [6, 6.07) is 14.5. The largest absolute Gasteiger partial charge is 0.439 e. The van der Waals surface area contributed by atoms with Crippen molar-refractivity contribution in [1.82, 2.24) is 10.3 Å². The van der Waals surface area contributed by atoms with Gasteiger partial charge in [-0.1, -0.05) is 49.4 Å². The molecule has 3 rings (SSSR count). The van der Waals surface area contributed by atoms with E-state index >= 15 is 0 Å². The number of rotatable bonds is 4. The highest BCUT2D eigenvalue weighted by Crippen LogP contribution is 2.28. The van der Waals surface area contributed by atoms with Gasteiger partial charge >= 0.3 is 0 Å². The normalized spacial score (nSPS) is 11.0. The number of nitrogens with zero attached hydrogens (tertiary/aromatic N) is 1. The SMILES string of the molecule is CCNCc1ncc(-c2cccc3ccccc23)o1. The summed E-state index contributed by atoms with van der Waals surface area (Å²) >= 11 is 0. The van der Waals surface area contributed by atoms with Gasteiger partial charge in [-0.2, -0.15) is 0 Å². The van der Waals surface area contributed by atoms with Gasteiger partial charge in [0.2, 0.25) is 5.89 Å². The first kappa shape index (κ1) is 11.9. The second-order valence-corrected chi connectivity index (χ2v) is 4.43. The Morgan fingerprint density at radius 3 is 2.84 bits per heavy atom. The van der Waals surface area contributed by atoms with Crippen LogP contribution in [0.4, 0.5) is 0 Å². The topological polar surface area (TPSA) is 38.1 Å². The smallest absolute Gasteiger partial charge is 0.208 e. The number of hydrogen-bond donors (Lipinski definition) is 1. The van der Waals surface area contributed by atoms with E-state index in [0.29, 0.717) is 6.54 Å². The molecule has 0 unspecified atom stereocenters. The van der Waals surface area contributed by atoms with Crippen LogP contribution in [0.1, 0.15) is 12.8 Å². The van der Waals surface area contributed by atoms with E-state index < -0.39 is 0 Å². The Morgan fingerprint density at radius 2 is 1.95 bits per heavy atom. The number of fused-ring (bicyclic) bond motifs is 1. The second kappa shape index (κ2) is 5.24. The summed E-state index contributed by atoms with van der Waals surface area (Å²) in [6.45, 7) is 3.64. The Hall–Kier alpha value is -2.13. The standard InChI is InChI=1S/C16H16N2O/c1-2-17-11-16-18-10-15(19-16)14-9-5-7-12-6-3-4-8-13(12)14/h3-10,17H,2,11H2,1H3. The molecule has 3 nitrogen and oxygen atoms in total. The molecule has 0 fully saturated rings. The highest BCUT2D eigenvalue weighted by Gasteiger charge is 2.08. The molecule has 0 amide bonds. The van der Waals surface area contributed by atoms with E-state index in [1.807, 2.05) is 18.2 Å². The molecule has 19 heavy (non-hydrogen) atoms. The Balaban J connectivity index is 2.02. The van der Waals surface area contributed by atoms with Gasteiger partial charge in [0.1, 0.15) is 0 Å². The summed E-state index contributed by atoms with van der Waals surface area (Å²) in [5, 5.41) is 5.61. The van der Waals surface area contributed by atoms with E-state index in [-0.39, 0.29) is 0 Å². The van der Waals surface area contributed by atoms with E-state index in [2.05, 4.69) is 41.5 Å². The van der Waals surface area contributed by atoms with Gasteiger partial charge < -0.3 is 9.73 Å². The maximum Gasteiger partial charge on any atom is 0.208 e. The van der Waals surface area contributed by atoms with Crippen LogP contribution in [-0.4, -0.2) is 11.5 Å². The molecule has 0 spiro atoms. The molecule has 0 radical (unpaired) electrons. The van der Waals surface area contributed by atoms with Crippen LogP contribution in [0.3, 0.4) is 0 Å².